The van der Waals surface area contributed by atoms with Crippen molar-refractivity contribution in [1.29, 1.82) is 0 Å². The van der Waals surface area contributed by atoms with E-state index in [1.807, 2.05) is 4.98 Å². The molecular formula is C20H23FN2O6. The smallest absolute Gasteiger partial charge is 0.342 e. The number of carboxylic acid groups (broad SMARTS) is 2. The molecule has 0 unspecified atom stereocenters. The van der Waals surface area contributed by atoms with Gasteiger partial charge in [0.15, 0.2) is 0 Å². The van der Waals surface area contributed by atoms with E-state index >= 15 is 0 Å². The second-order valence-corrected chi connectivity index (χ2v) is 6.52. The summed E-state index contributed by atoms with van der Waals surface area (Å²) >= 11 is 0. The van der Waals surface area contributed by atoms with Crippen LogP contribution >= 0.6 is 0 Å². The number of anilines is 1. The topological polar surface area (TPSA) is 143 Å². The van der Waals surface area contributed by atoms with Crippen molar-refractivity contribution in [2.24, 2.45) is 0 Å². The van der Waals surface area contributed by atoms with Gasteiger partial charge in [-0.15, -0.1) is 0 Å². The van der Waals surface area contributed by atoms with Gasteiger partial charge in [-0.1, -0.05) is 38.3 Å². The predicted octanol–water partition coefficient (Wildman–Crippen LogP) is 3.26. The minimum Gasteiger partial charge on any atom is -0.478 e. The molecule has 0 amide bonds. The highest BCUT2D eigenvalue weighted by atomic mass is 19.1. The minimum absolute atomic E-state index is 0.0212. The first-order chi connectivity index (χ1) is 13.8. The van der Waals surface area contributed by atoms with Gasteiger partial charge in [-0.25, -0.2) is 14.0 Å². The zero-order valence-corrected chi connectivity index (χ0v) is 16.0. The summed E-state index contributed by atoms with van der Waals surface area (Å²) in [6, 6.07) is 3.68. The van der Waals surface area contributed by atoms with Crippen LogP contribution in [0.15, 0.2) is 23.0 Å². The van der Waals surface area contributed by atoms with Crippen LogP contribution in [0.5, 0.6) is 0 Å². The molecule has 0 atom stereocenters. The van der Waals surface area contributed by atoms with Crippen molar-refractivity contribution in [1.82, 2.24) is 4.98 Å². The van der Waals surface area contributed by atoms with Gasteiger partial charge in [-0.05, 0) is 18.1 Å². The highest BCUT2D eigenvalue weighted by Crippen LogP contribution is 2.30. The third-order valence-corrected chi connectivity index (χ3v) is 4.41. The number of pyridine rings is 1. The number of aromatic nitrogens is 1. The Morgan fingerprint density at radius 2 is 1.83 bits per heavy atom. The number of halogens is 1. The Balaban J connectivity index is 2.38. The van der Waals surface area contributed by atoms with Crippen LogP contribution in [0.4, 0.5) is 10.2 Å². The van der Waals surface area contributed by atoms with Gasteiger partial charge in [0, 0.05) is 17.7 Å². The van der Waals surface area contributed by atoms with E-state index < -0.39 is 45.8 Å². The largest absolute Gasteiger partial charge is 0.478 e. The molecule has 0 radical (unpaired) electrons. The van der Waals surface area contributed by atoms with E-state index in [2.05, 4.69) is 6.92 Å². The summed E-state index contributed by atoms with van der Waals surface area (Å²) in [5.41, 5.74) is 2.77. The lowest BCUT2D eigenvalue weighted by Gasteiger charge is -2.13. The average molecular weight is 406 g/mol. The number of carboxylic acids is 2. The fraction of sp³-hybridized carbons (Fsp3) is 0.350. The molecular weight excluding hydrogens is 383 g/mol. The Hall–Kier alpha value is -3.20. The second-order valence-electron chi connectivity index (χ2n) is 6.52. The Kier molecular flexibility index (Phi) is 7.49. The highest BCUT2D eigenvalue weighted by Gasteiger charge is 2.27. The Bertz CT molecular complexity index is 970. The molecule has 0 spiro atoms. The van der Waals surface area contributed by atoms with Crippen LogP contribution in [0.1, 0.15) is 58.9 Å². The van der Waals surface area contributed by atoms with E-state index in [1.54, 1.807) is 0 Å². The van der Waals surface area contributed by atoms with E-state index in [9.17, 15) is 29.0 Å². The van der Waals surface area contributed by atoms with Crippen molar-refractivity contribution in [2.45, 2.75) is 39.2 Å². The van der Waals surface area contributed by atoms with Crippen LogP contribution in [0.3, 0.4) is 0 Å². The van der Waals surface area contributed by atoms with Crippen LogP contribution in [-0.4, -0.2) is 33.7 Å². The molecule has 8 nitrogen and oxygen atoms in total. The number of H-pyrrole nitrogens is 1. The van der Waals surface area contributed by atoms with Crippen molar-refractivity contribution in [3.05, 3.63) is 51.1 Å². The number of nitrogen functional groups attached to an aromatic ring is 1. The lowest BCUT2D eigenvalue weighted by atomic mass is 9.94. The van der Waals surface area contributed by atoms with E-state index in [-0.39, 0.29) is 17.7 Å². The van der Waals surface area contributed by atoms with Gasteiger partial charge in [-0.3, -0.25) is 4.79 Å². The van der Waals surface area contributed by atoms with Crippen LogP contribution in [0, 0.1) is 5.82 Å². The molecule has 0 fully saturated rings. The number of unbranched alkanes of at least 4 members (excludes halogenated alkanes) is 3. The summed E-state index contributed by atoms with van der Waals surface area (Å²) in [5.74, 6) is -4.41. The van der Waals surface area contributed by atoms with Gasteiger partial charge in [0.2, 0.25) is 0 Å². The Labute approximate surface area is 166 Å². The fourth-order valence-corrected chi connectivity index (χ4v) is 2.97. The molecule has 0 saturated carbocycles. The maximum absolute atomic E-state index is 14.5. The summed E-state index contributed by atoms with van der Waals surface area (Å²) in [6.45, 7) is 2.60. The van der Waals surface area contributed by atoms with E-state index in [4.69, 9.17) is 10.5 Å². The molecule has 29 heavy (non-hydrogen) atoms. The van der Waals surface area contributed by atoms with Crippen LogP contribution in [0.2, 0.25) is 0 Å². The fourth-order valence-electron chi connectivity index (χ4n) is 2.97. The highest BCUT2D eigenvalue weighted by molar-refractivity contribution is 6.07. The first-order valence-electron chi connectivity index (χ1n) is 9.16. The summed E-state index contributed by atoms with van der Waals surface area (Å²) < 4.78 is 20.0. The average Bonchev–Trinajstić information content (AvgIpc) is 2.64. The molecule has 1 aromatic heterocycles. The van der Waals surface area contributed by atoms with E-state index in [1.165, 1.54) is 12.1 Å². The van der Waals surface area contributed by atoms with Gasteiger partial charge in [0.05, 0.1) is 6.61 Å². The molecule has 2 rings (SSSR count). The summed E-state index contributed by atoms with van der Waals surface area (Å²) in [7, 11) is 0. The monoisotopic (exact) mass is 406 g/mol. The van der Waals surface area contributed by atoms with Crippen molar-refractivity contribution in [3.63, 3.8) is 0 Å². The summed E-state index contributed by atoms with van der Waals surface area (Å²) in [6.07, 6.45) is 4.09. The number of aromatic carboxylic acids is 2. The van der Waals surface area contributed by atoms with Gasteiger partial charge in [0.1, 0.15) is 22.8 Å². The third kappa shape index (κ3) is 5.20. The maximum Gasteiger partial charge on any atom is 0.342 e. The third-order valence-electron chi connectivity index (χ3n) is 4.41. The molecule has 0 bridgehead atoms. The number of ether oxygens (including phenoxy) is 1. The number of carbonyl (C=O) groups is 2. The molecule has 0 saturated heterocycles. The van der Waals surface area contributed by atoms with Crippen molar-refractivity contribution < 1.29 is 28.9 Å². The number of rotatable bonds is 10. The number of benzene rings is 1. The van der Waals surface area contributed by atoms with Gasteiger partial charge in [-0.2, -0.15) is 0 Å². The number of nitrogens with two attached hydrogens (primary N) is 1. The van der Waals surface area contributed by atoms with Crippen molar-refractivity contribution >= 4 is 17.8 Å². The van der Waals surface area contributed by atoms with Crippen molar-refractivity contribution in [3.8, 4) is 11.1 Å². The number of hydrogen-bond donors (Lipinski definition) is 4. The normalized spacial score (nSPS) is 10.8. The van der Waals surface area contributed by atoms with Gasteiger partial charge >= 0.3 is 11.9 Å². The zero-order chi connectivity index (χ0) is 21.6. The predicted molar refractivity (Wildman–Crippen MR) is 105 cm³/mol. The second kappa shape index (κ2) is 9.83. The number of aromatic amines is 1. The maximum atomic E-state index is 14.5. The lowest BCUT2D eigenvalue weighted by Crippen LogP contribution is -2.24. The molecule has 0 aliphatic heterocycles. The molecule has 5 N–H and O–H groups in total. The minimum atomic E-state index is -1.65. The molecule has 156 valence electrons. The first kappa shape index (κ1) is 22.1. The van der Waals surface area contributed by atoms with Crippen LogP contribution in [0.25, 0.3) is 11.1 Å². The van der Waals surface area contributed by atoms with E-state index in [0.717, 1.165) is 31.7 Å². The van der Waals surface area contributed by atoms with Crippen LogP contribution in [-0.2, 0) is 11.3 Å². The SMILES string of the molecule is CCCCCCOCc1ccc(-c2c(C(=O)O)c(N)[nH]c(=O)c2C(=O)O)cc1F. The van der Waals surface area contributed by atoms with Crippen LogP contribution < -0.4 is 11.3 Å². The van der Waals surface area contributed by atoms with E-state index in [0.29, 0.717) is 6.61 Å². The van der Waals surface area contributed by atoms with Crippen molar-refractivity contribution in [2.75, 3.05) is 12.3 Å². The quantitative estimate of drug-likeness (QED) is 0.444. The first-order valence-corrected chi connectivity index (χ1v) is 9.16. The summed E-state index contributed by atoms with van der Waals surface area (Å²) in [4.78, 5) is 37.2. The van der Waals surface area contributed by atoms with Gasteiger partial charge < -0.3 is 25.7 Å². The number of nitrogens with one attached hydrogen (secondary N) is 1. The number of hydrogen-bond acceptors (Lipinski definition) is 5. The summed E-state index contributed by atoms with van der Waals surface area (Å²) in [5, 5.41) is 18.8. The molecule has 0 aliphatic rings. The molecule has 1 heterocycles. The molecule has 9 heteroatoms. The molecule has 2 aromatic rings. The molecule has 0 aliphatic carbocycles. The Morgan fingerprint density at radius 3 is 2.41 bits per heavy atom. The zero-order valence-electron chi connectivity index (χ0n) is 16.0. The Morgan fingerprint density at radius 1 is 1.14 bits per heavy atom. The molecule has 1 aromatic carbocycles. The van der Waals surface area contributed by atoms with Gasteiger partial charge in [0.25, 0.3) is 5.56 Å². The lowest BCUT2D eigenvalue weighted by molar-refractivity contribution is 0.0695. The standard InChI is InChI=1S/C20H23FN2O6/c1-2-3-4-5-8-29-10-12-7-6-11(9-13(12)21)14-15(19(25)26)17(22)23-18(24)16(14)20(27)28/h6-7,9H,2-5,8,10H2,1H3,(H,25,26)(H,27,28)(H3,22,23,24).